The number of carbonyl (C=O) groups is 1. The van der Waals surface area contributed by atoms with Gasteiger partial charge >= 0.3 is 18.1 Å². The number of rotatable bonds is 8. The number of hydrogen-bond acceptors (Lipinski definition) is 6. The maximum atomic E-state index is 13.7. The first-order valence-electron chi connectivity index (χ1n) is 6.09. The van der Waals surface area contributed by atoms with Crippen molar-refractivity contribution in [2.24, 2.45) is 0 Å². The molecule has 5 nitrogen and oxygen atoms in total. The minimum atomic E-state index is -5.53. The van der Waals surface area contributed by atoms with Crippen molar-refractivity contribution >= 4 is 24.1 Å². The molecule has 0 saturated carbocycles. The maximum Gasteiger partial charge on any atom is 0.431 e. The summed E-state index contributed by atoms with van der Waals surface area (Å²) < 4.78 is 73.3. The number of benzene rings is 1. The van der Waals surface area contributed by atoms with Gasteiger partial charge in [-0.25, -0.2) is 18.8 Å². The molecule has 0 spiro atoms. The summed E-state index contributed by atoms with van der Waals surface area (Å²) in [4.78, 5) is 11.7. The van der Waals surface area contributed by atoms with Crippen molar-refractivity contribution in [1.29, 1.82) is 0 Å². The summed E-state index contributed by atoms with van der Waals surface area (Å²) in [6, 6.07) is 4.93. The van der Waals surface area contributed by atoms with E-state index in [0.29, 0.717) is 5.56 Å². The predicted octanol–water partition coefficient (Wildman–Crippen LogP) is 4.12. The van der Waals surface area contributed by atoms with Gasteiger partial charge in [0, 0.05) is 12.0 Å². The Labute approximate surface area is 137 Å². The molecule has 134 valence electrons. The molecular weight excluding hydrogens is 363 g/mol. The first kappa shape index (κ1) is 20.4. The lowest BCUT2D eigenvalue weighted by Gasteiger charge is -2.27. The number of carbonyl (C=O) groups excluding carboxylic acids is 1. The summed E-state index contributed by atoms with van der Waals surface area (Å²) in [6.07, 6.45) is -7.81. The van der Waals surface area contributed by atoms with Gasteiger partial charge in [-0.05, 0) is 17.7 Å². The second-order valence-electron chi connectivity index (χ2n) is 4.32. The molecule has 0 aromatic heterocycles. The summed E-state index contributed by atoms with van der Waals surface area (Å²) in [5.41, 5.74) is 0.232. The molecule has 24 heavy (non-hydrogen) atoms. The number of hydrogen-bond donors (Lipinski definition) is 1. The summed E-state index contributed by atoms with van der Waals surface area (Å²) in [7, 11) is 0. The van der Waals surface area contributed by atoms with Gasteiger partial charge < -0.3 is 4.74 Å². The molecule has 0 heterocycles. The topological polar surface area (TPSA) is 65.0 Å². The third-order valence-corrected chi connectivity index (χ3v) is 3.28. The van der Waals surface area contributed by atoms with Gasteiger partial charge in [-0.2, -0.15) is 13.2 Å². The van der Waals surface area contributed by atoms with Gasteiger partial charge in [0.25, 0.3) is 6.10 Å². The lowest BCUT2D eigenvalue weighted by molar-refractivity contribution is -0.432. The highest BCUT2D eigenvalue weighted by molar-refractivity contribution is 7.94. The van der Waals surface area contributed by atoms with E-state index in [4.69, 9.17) is 5.26 Å². The van der Waals surface area contributed by atoms with E-state index < -0.39 is 29.9 Å². The maximum absolute atomic E-state index is 13.7. The van der Waals surface area contributed by atoms with Gasteiger partial charge in [-0.1, -0.05) is 29.8 Å². The van der Waals surface area contributed by atoms with Crippen LogP contribution in [0.2, 0.25) is 0 Å². The normalized spacial score (nSPS) is 13.4. The Morgan fingerprint density at radius 2 is 1.83 bits per heavy atom. The largest absolute Gasteiger partial charge is 0.442 e. The fraction of sp³-hybridized carbons (Fsp3) is 0.308. The summed E-state index contributed by atoms with van der Waals surface area (Å²) in [6.45, 7) is 3.45. The van der Waals surface area contributed by atoms with Crippen molar-refractivity contribution in [3.8, 4) is 0 Å². The third-order valence-electron chi connectivity index (χ3n) is 2.62. The Bertz CT molecular complexity index is 561. The Balaban J connectivity index is 2.92. The van der Waals surface area contributed by atoms with E-state index in [1.807, 2.05) is 0 Å². The molecule has 0 aliphatic rings. The van der Waals surface area contributed by atoms with Crippen LogP contribution in [0.15, 0.2) is 30.8 Å². The highest BCUT2D eigenvalue weighted by Gasteiger charge is 2.59. The van der Waals surface area contributed by atoms with Crippen molar-refractivity contribution in [2.45, 2.75) is 18.2 Å². The molecular formula is C13H11F5O5S. The molecule has 0 amide bonds. The smallest absolute Gasteiger partial charge is 0.431 e. The SMILES string of the molecule is C=Cc1ccc(C(=O)OC(C(F)(F)F)C(F)(F)CSOOO)cc1. The molecule has 11 heteroatoms. The average Bonchev–Trinajstić information content (AvgIpc) is 2.51. The molecule has 0 aliphatic heterocycles. The highest BCUT2D eigenvalue weighted by Crippen LogP contribution is 2.37. The quantitative estimate of drug-likeness (QED) is 0.184. The van der Waals surface area contributed by atoms with E-state index in [1.165, 1.54) is 18.2 Å². The van der Waals surface area contributed by atoms with Crippen molar-refractivity contribution < 1.29 is 46.1 Å². The minimum Gasteiger partial charge on any atom is -0.442 e. The van der Waals surface area contributed by atoms with E-state index in [1.54, 1.807) is 0 Å². The number of esters is 1. The van der Waals surface area contributed by atoms with Gasteiger partial charge in [0.2, 0.25) is 0 Å². The Morgan fingerprint density at radius 3 is 2.29 bits per heavy atom. The molecule has 1 unspecified atom stereocenters. The molecule has 1 atom stereocenters. The first-order chi connectivity index (χ1) is 11.1. The zero-order valence-corrected chi connectivity index (χ0v) is 12.6. The van der Waals surface area contributed by atoms with Crippen LogP contribution in [0.3, 0.4) is 0 Å². The van der Waals surface area contributed by atoms with Crippen LogP contribution in [-0.2, 0) is 14.1 Å². The Morgan fingerprint density at radius 1 is 1.25 bits per heavy atom. The van der Waals surface area contributed by atoms with Gasteiger partial charge in [-0.15, -0.1) is 4.33 Å². The van der Waals surface area contributed by atoms with Crippen LogP contribution >= 0.6 is 12.0 Å². The fourth-order valence-corrected chi connectivity index (χ4v) is 1.92. The standard InChI is InChI=1S/C13H11F5O5S/c1-2-8-3-5-9(6-4-8)10(19)21-11(13(16,17)18)12(14,15)7-24-23-22-20/h2-6,11,20H,1,7H2. The number of ether oxygens (including phenoxy) is 1. The summed E-state index contributed by atoms with van der Waals surface area (Å²) in [5.74, 6) is -7.68. The van der Waals surface area contributed by atoms with Crippen LogP contribution in [-0.4, -0.2) is 35.2 Å². The molecule has 0 bridgehead atoms. The van der Waals surface area contributed by atoms with E-state index in [2.05, 4.69) is 20.7 Å². The van der Waals surface area contributed by atoms with Crippen molar-refractivity contribution in [2.75, 3.05) is 5.75 Å². The second kappa shape index (κ2) is 8.42. The molecule has 1 aromatic carbocycles. The Hall–Kier alpha value is -1.69. The van der Waals surface area contributed by atoms with E-state index in [9.17, 15) is 26.7 Å². The predicted molar refractivity (Wildman–Crippen MR) is 74.0 cm³/mol. The second-order valence-corrected chi connectivity index (χ2v) is 4.98. The molecule has 0 aliphatic carbocycles. The number of halogens is 5. The van der Waals surface area contributed by atoms with Crippen LogP contribution in [0.4, 0.5) is 22.0 Å². The summed E-state index contributed by atoms with van der Waals surface area (Å²) >= 11 is -0.292. The van der Waals surface area contributed by atoms with Crippen molar-refractivity contribution in [3.05, 3.63) is 42.0 Å². The monoisotopic (exact) mass is 374 g/mol. The zero-order valence-electron chi connectivity index (χ0n) is 11.8. The van der Waals surface area contributed by atoms with Crippen molar-refractivity contribution in [1.82, 2.24) is 0 Å². The number of alkyl halides is 5. The van der Waals surface area contributed by atoms with Gasteiger partial charge in [-0.3, -0.25) is 0 Å². The van der Waals surface area contributed by atoms with Crippen LogP contribution in [0, 0.1) is 0 Å². The first-order valence-corrected chi connectivity index (χ1v) is 7.00. The van der Waals surface area contributed by atoms with Gasteiger partial charge in [0.1, 0.15) is 0 Å². The lowest BCUT2D eigenvalue weighted by atomic mass is 10.1. The minimum absolute atomic E-state index is 0.292. The highest BCUT2D eigenvalue weighted by atomic mass is 32.2. The molecule has 0 fully saturated rings. The molecule has 1 N–H and O–H groups in total. The van der Waals surface area contributed by atoms with Gasteiger partial charge in [0.05, 0.1) is 11.3 Å². The van der Waals surface area contributed by atoms with E-state index in [-0.39, 0.29) is 17.6 Å². The lowest BCUT2D eigenvalue weighted by Crippen LogP contribution is -2.49. The zero-order chi connectivity index (χ0) is 18.4. The van der Waals surface area contributed by atoms with Crippen molar-refractivity contribution in [3.63, 3.8) is 0 Å². The Kier molecular flexibility index (Phi) is 7.14. The fourth-order valence-electron chi connectivity index (χ4n) is 1.52. The van der Waals surface area contributed by atoms with E-state index in [0.717, 1.165) is 12.1 Å². The van der Waals surface area contributed by atoms with Crippen LogP contribution < -0.4 is 0 Å². The van der Waals surface area contributed by atoms with Crippen LogP contribution in [0.5, 0.6) is 0 Å². The van der Waals surface area contributed by atoms with E-state index >= 15 is 0 Å². The molecule has 0 radical (unpaired) electrons. The molecule has 1 rings (SSSR count). The molecule has 1 aromatic rings. The van der Waals surface area contributed by atoms with Gasteiger partial charge in [0.15, 0.2) is 0 Å². The average molecular weight is 374 g/mol. The summed E-state index contributed by atoms with van der Waals surface area (Å²) in [5, 5.41) is 10.8. The van der Waals surface area contributed by atoms with Crippen LogP contribution in [0.1, 0.15) is 15.9 Å². The van der Waals surface area contributed by atoms with Crippen LogP contribution in [0.25, 0.3) is 6.08 Å². The third kappa shape index (κ3) is 5.74. The molecule has 0 saturated heterocycles.